The Morgan fingerprint density at radius 1 is 1.54 bits per heavy atom. The molecule has 1 heterocycles. The lowest BCUT2D eigenvalue weighted by molar-refractivity contribution is 0.111. The SMILES string of the molecule is C=Cc1ccc(C=O)nc1C(=C)O. The van der Waals surface area contributed by atoms with Crippen LogP contribution in [0.3, 0.4) is 0 Å². The van der Waals surface area contributed by atoms with E-state index in [4.69, 9.17) is 5.11 Å². The smallest absolute Gasteiger partial charge is 0.168 e. The predicted molar refractivity (Wildman–Crippen MR) is 51.4 cm³/mol. The van der Waals surface area contributed by atoms with Crippen molar-refractivity contribution in [2.45, 2.75) is 0 Å². The second-order valence-electron chi connectivity index (χ2n) is 2.44. The first-order chi connectivity index (χ1) is 6.19. The number of aliphatic hydroxyl groups is 1. The number of nitrogens with zero attached hydrogens (tertiary/aromatic N) is 1. The minimum Gasteiger partial charge on any atom is -0.506 e. The molecule has 0 aromatic carbocycles. The molecule has 0 atom stereocenters. The molecule has 0 radical (unpaired) electrons. The molecule has 1 N–H and O–H groups in total. The van der Waals surface area contributed by atoms with Crippen molar-refractivity contribution in [2.75, 3.05) is 0 Å². The number of aliphatic hydroxyl groups excluding tert-OH is 1. The first-order valence-electron chi connectivity index (χ1n) is 3.66. The number of aldehydes is 1. The van der Waals surface area contributed by atoms with Crippen molar-refractivity contribution in [1.29, 1.82) is 0 Å². The summed E-state index contributed by atoms with van der Waals surface area (Å²) in [5.41, 5.74) is 1.20. The Kier molecular flexibility index (Phi) is 2.59. The summed E-state index contributed by atoms with van der Waals surface area (Å²) in [6, 6.07) is 3.21. The zero-order valence-corrected chi connectivity index (χ0v) is 7.03. The van der Waals surface area contributed by atoms with Crippen molar-refractivity contribution in [2.24, 2.45) is 0 Å². The molecule has 0 bridgehead atoms. The van der Waals surface area contributed by atoms with E-state index in [0.717, 1.165) is 0 Å². The molecule has 0 amide bonds. The maximum atomic E-state index is 10.4. The highest BCUT2D eigenvalue weighted by atomic mass is 16.3. The Balaban J connectivity index is 3.33. The van der Waals surface area contributed by atoms with Gasteiger partial charge in [-0.2, -0.15) is 0 Å². The summed E-state index contributed by atoms with van der Waals surface area (Å²) >= 11 is 0. The number of aromatic nitrogens is 1. The van der Waals surface area contributed by atoms with Gasteiger partial charge in [0, 0.05) is 5.56 Å². The van der Waals surface area contributed by atoms with Crippen molar-refractivity contribution in [1.82, 2.24) is 4.98 Å². The van der Waals surface area contributed by atoms with Gasteiger partial charge in [-0.3, -0.25) is 4.79 Å². The molecule has 0 unspecified atom stereocenters. The quantitative estimate of drug-likeness (QED) is 0.565. The van der Waals surface area contributed by atoms with Crippen LogP contribution in [0.4, 0.5) is 0 Å². The molecule has 1 aromatic heterocycles. The molecule has 0 aliphatic carbocycles. The first-order valence-corrected chi connectivity index (χ1v) is 3.66. The number of hydrogen-bond acceptors (Lipinski definition) is 3. The van der Waals surface area contributed by atoms with Crippen molar-refractivity contribution >= 4 is 18.1 Å². The van der Waals surface area contributed by atoms with E-state index in [9.17, 15) is 4.79 Å². The van der Waals surface area contributed by atoms with E-state index < -0.39 is 0 Å². The monoisotopic (exact) mass is 175 g/mol. The summed E-state index contributed by atoms with van der Waals surface area (Å²) in [6.45, 7) is 6.89. The van der Waals surface area contributed by atoms with Crippen LogP contribution in [0.1, 0.15) is 21.7 Å². The molecule has 0 fully saturated rings. The number of hydrogen-bond donors (Lipinski definition) is 1. The van der Waals surface area contributed by atoms with Gasteiger partial charge in [0.25, 0.3) is 0 Å². The van der Waals surface area contributed by atoms with Crippen LogP contribution >= 0.6 is 0 Å². The van der Waals surface area contributed by atoms with Crippen LogP contribution in [0.2, 0.25) is 0 Å². The fourth-order valence-corrected chi connectivity index (χ4v) is 0.947. The Hall–Kier alpha value is -1.90. The van der Waals surface area contributed by atoms with Gasteiger partial charge in [-0.1, -0.05) is 25.3 Å². The van der Waals surface area contributed by atoms with E-state index in [1.807, 2.05) is 0 Å². The highest BCUT2D eigenvalue weighted by Gasteiger charge is 2.04. The van der Waals surface area contributed by atoms with Gasteiger partial charge in [0.15, 0.2) is 6.29 Å². The third kappa shape index (κ3) is 1.82. The fraction of sp³-hybridized carbons (Fsp3) is 0. The van der Waals surface area contributed by atoms with E-state index in [1.165, 1.54) is 6.08 Å². The normalized spacial score (nSPS) is 9.23. The van der Waals surface area contributed by atoms with E-state index in [0.29, 0.717) is 17.5 Å². The molecular formula is C10H9NO2. The van der Waals surface area contributed by atoms with E-state index in [1.54, 1.807) is 12.1 Å². The van der Waals surface area contributed by atoms with E-state index in [-0.39, 0.29) is 11.5 Å². The number of pyridine rings is 1. The highest BCUT2D eigenvalue weighted by molar-refractivity contribution is 5.75. The molecule has 1 aromatic rings. The fourth-order valence-electron chi connectivity index (χ4n) is 0.947. The number of carbonyl (C=O) groups excluding carboxylic acids is 1. The summed E-state index contributed by atoms with van der Waals surface area (Å²) in [7, 11) is 0. The van der Waals surface area contributed by atoms with Crippen LogP contribution in [0.25, 0.3) is 11.8 Å². The summed E-state index contributed by atoms with van der Waals surface area (Å²) in [5.74, 6) is -0.168. The van der Waals surface area contributed by atoms with Gasteiger partial charge >= 0.3 is 0 Å². The molecule has 1 rings (SSSR count). The standard InChI is InChI=1S/C10H9NO2/c1-3-8-4-5-9(6-12)11-10(8)7(2)13/h3-6,13H,1-2H2. The molecule has 0 spiro atoms. The molecule has 0 saturated carbocycles. The lowest BCUT2D eigenvalue weighted by Gasteiger charge is -2.02. The van der Waals surface area contributed by atoms with Crippen LogP contribution in [-0.2, 0) is 0 Å². The minimum absolute atomic E-state index is 0.168. The maximum absolute atomic E-state index is 10.4. The second-order valence-corrected chi connectivity index (χ2v) is 2.44. The topological polar surface area (TPSA) is 50.2 Å². The van der Waals surface area contributed by atoms with Crippen molar-refractivity contribution in [3.63, 3.8) is 0 Å². The molecule has 3 heteroatoms. The zero-order valence-electron chi connectivity index (χ0n) is 7.03. The van der Waals surface area contributed by atoms with Crippen molar-refractivity contribution < 1.29 is 9.90 Å². The highest BCUT2D eigenvalue weighted by Crippen LogP contribution is 2.14. The average Bonchev–Trinajstić information content (AvgIpc) is 2.16. The van der Waals surface area contributed by atoms with Gasteiger partial charge in [-0.25, -0.2) is 4.98 Å². The minimum atomic E-state index is -0.168. The lowest BCUT2D eigenvalue weighted by Crippen LogP contribution is -1.96. The molecule has 0 aliphatic heterocycles. The van der Waals surface area contributed by atoms with Gasteiger partial charge in [0.2, 0.25) is 0 Å². The molecule has 0 saturated heterocycles. The second kappa shape index (κ2) is 3.67. The largest absolute Gasteiger partial charge is 0.506 e. The van der Waals surface area contributed by atoms with E-state index >= 15 is 0 Å². The van der Waals surface area contributed by atoms with Crippen LogP contribution in [-0.4, -0.2) is 16.4 Å². The summed E-state index contributed by atoms with van der Waals surface area (Å²) in [5, 5.41) is 9.13. The Bertz CT molecular complexity index is 369. The van der Waals surface area contributed by atoms with Gasteiger partial charge in [0.1, 0.15) is 17.1 Å². The van der Waals surface area contributed by atoms with Crippen molar-refractivity contribution in [3.8, 4) is 0 Å². The van der Waals surface area contributed by atoms with Gasteiger partial charge in [-0.15, -0.1) is 0 Å². The van der Waals surface area contributed by atoms with Gasteiger partial charge in [0.05, 0.1) is 0 Å². The Morgan fingerprint density at radius 2 is 2.23 bits per heavy atom. The Morgan fingerprint density at radius 3 is 2.69 bits per heavy atom. The van der Waals surface area contributed by atoms with Crippen LogP contribution in [0, 0.1) is 0 Å². The molecule has 66 valence electrons. The van der Waals surface area contributed by atoms with Crippen molar-refractivity contribution in [3.05, 3.63) is 42.2 Å². The summed E-state index contributed by atoms with van der Waals surface area (Å²) in [6.07, 6.45) is 2.15. The van der Waals surface area contributed by atoms with Crippen LogP contribution < -0.4 is 0 Å². The van der Waals surface area contributed by atoms with Crippen LogP contribution in [0.15, 0.2) is 25.3 Å². The summed E-state index contributed by atoms with van der Waals surface area (Å²) in [4.78, 5) is 14.3. The Labute approximate surface area is 76.1 Å². The van der Waals surface area contributed by atoms with Crippen LogP contribution in [0.5, 0.6) is 0 Å². The molecule has 3 nitrogen and oxygen atoms in total. The third-order valence-electron chi connectivity index (χ3n) is 1.56. The number of carbonyl (C=O) groups is 1. The average molecular weight is 175 g/mol. The zero-order chi connectivity index (χ0) is 9.84. The van der Waals surface area contributed by atoms with E-state index in [2.05, 4.69) is 18.1 Å². The molecular weight excluding hydrogens is 166 g/mol. The molecule has 0 aliphatic rings. The predicted octanol–water partition coefficient (Wildman–Crippen LogP) is 2.07. The maximum Gasteiger partial charge on any atom is 0.168 e. The third-order valence-corrected chi connectivity index (χ3v) is 1.56. The van der Waals surface area contributed by atoms with Gasteiger partial charge in [-0.05, 0) is 6.07 Å². The summed E-state index contributed by atoms with van der Waals surface area (Å²) < 4.78 is 0. The lowest BCUT2D eigenvalue weighted by atomic mass is 10.1. The van der Waals surface area contributed by atoms with Gasteiger partial charge < -0.3 is 5.11 Å². The first kappa shape index (κ1) is 9.19. The molecule has 13 heavy (non-hydrogen) atoms. The number of rotatable bonds is 3.